The van der Waals surface area contributed by atoms with Crippen molar-refractivity contribution < 1.29 is 0 Å². The summed E-state index contributed by atoms with van der Waals surface area (Å²) in [5, 5.41) is 0. The van der Waals surface area contributed by atoms with Gasteiger partial charge in [0, 0.05) is 30.2 Å². The van der Waals surface area contributed by atoms with Gasteiger partial charge in [0.25, 0.3) is 0 Å². The van der Waals surface area contributed by atoms with Gasteiger partial charge in [-0.1, -0.05) is 13.0 Å². The van der Waals surface area contributed by atoms with Crippen LogP contribution in [-0.4, -0.2) is 21.5 Å². The summed E-state index contributed by atoms with van der Waals surface area (Å²) < 4.78 is 0. The first-order valence-electron chi connectivity index (χ1n) is 7.02. The minimum Gasteiger partial charge on any atom is -0.330 e. The maximum absolute atomic E-state index is 5.70. The van der Waals surface area contributed by atoms with E-state index in [1.165, 1.54) is 5.56 Å². The standard InChI is InChI=1S/C16H22N4/c1-11(9-17)7-15-12(2)19-16(20-13(15)3)8-14-5-4-6-18-10-14/h4-6,10-11H,7-9,17H2,1-3H3. The van der Waals surface area contributed by atoms with E-state index in [4.69, 9.17) is 5.73 Å². The van der Waals surface area contributed by atoms with Gasteiger partial charge < -0.3 is 5.73 Å². The molecule has 0 aliphatic carbocycles. The fraction of sp³-hybridized carbons (Fsp3) is 0.438. The summed E-state index contributed by atoms with van der Waals surface area (Å²) in [5.41, 5.74) is 10.2. The maximum Gasteiger partial charge on any atom is 0.133 e. The summed E-state index contributed by atoms with van der Waals surface area (Å²) in [6.45, 7) is 6.96. The maximum atomic E-state index is 5.70. The minimum absolute atomic E-state index is 0.458. The third kappa shape index (κ3) is 3.61. The van der Waals surface area contributed by atoms with E-state index in [0.717, 1.165) is 35.6 Å². The smallest absolute Gasteiger partial charge is 0.133 e. The highest BCUT2D eigenvalue weighted by Gasteiger charge is 2.11. The summed E-state index contributed by atoms with van der Waals surface area (Å²) in [6, 6.07) is 3.98. The SMILES string of the molecule is Cc1nc(Cc2cccnc2)nc(C)c1CC(C)CN. The van der Waals surface area contributed by atoms with Crippen LogP contribution in [0.2, 0.25) is 0 Å². The summed E-state index contributed by atoms with van der Waals surface area (Å²) in [7, 11) is 0. The van der Waals surface area contributed by atoms with Gasteiger partial charge in [0.05, 0.1) is 0 Å². The Morgan fingerprint density at radius 1 is 1.20 bits per heavy atom. The lowest BCUT2D eigenvalue weighted by Gasteiger charge is -2.14. The van der Waals surface area contributed by atoms with E-state index in [2.05, 4.69) is 35.7 Å². The number of pyridine rings is 1. The van der Waals surface area contributed by atoms with Crippen molar-refractivity contribution >= 4 is 0 Å². The van der Waals surface area contributed by atoms with Gasteiger partial charge in [0.1, 0.15) is 5.82 Å². The van der Waals surface area contributed by atoms with E-state index in [-0.39, 0.29) is 0 Å². The molecule has 0 saturated carbocycles. The largest absolute Gasteiger partial charge is 0.330 e. The molecule has 2 aromatic rings. The van der Waals surface area contributed by atoms with Crippen LogP contribution in [0.1, 0.15) is 35.3 Å². The molecule has 0 saturated heterocycles. The fourth-order valence-corrected chi connectivity index (χ4v) is 2.30. The highest BCUT2D eigenvalue weighted by Crippen LogP contribution is 2.16. The summed E-state index contributed by atoms with van der Waals surface area (Å²) in [5.74, 6) is 1.32. The highest BCUT2D eigenvalue weighted by atomic mass is 14.9. The first-order valence-corrected chi connectivity index (χ1v) is 7.02. The molecular weight excluding hydrogens is 248 g/mol. The summed E-state index contributed by atoms with van der Waals surface area (Å²) in [4.78, 5) is 13.4. The molecule has 0 aromatic carbocycles. The van der Waals surface area contributed by atoms with E-state index >= 15 is 0 Å². The summed E-state index contributed by atoms with van der Waals surface area (Å²) >= 11 is 0. The van der Waals surface area contributed by atoms with Gasteiger partial charge in [-0.2, -0.15) is 0 Å². The van der Waals surface area contributed by atoms with Crippen LogP contribution >= 0.6 is 0 Å². The molecule has 0 amide bonds. The van der Waals surface area contributed by atoms with Crippen LogP contribution in [-0.2, 0) is 12.8 Å². The summed E-state index contributed by atoms with van der Waals surface area (Å²) in [6.07, 6.45) is 5.31. The van der Waals surface area contributed by atoms with Crippen LogP contribution in [0.4, 0.5) is 0 Å². The van der Waals surface area contributed by atoms with Gasteiger partial charge >= 0.3 is 0 Å². The molecule has 1 atom stereocenters. The number of aromatic nitrogens is 3. The van der Waals surface area contributed by atoms with Gasteiger partial charge in [-0.15, -0.1) is 0 Å². The Morgan fingerprint density at radius 2 is 1.90 bits per heavy atom. The van der Waals surface area contributed by atoms with Crippen molar-refractivity contribution in [1.82, 2.24) is 15.0 Å². The van der Waals surface area contributed by atoms with E-state index in [1.54, 1.807) is 6.20 Å². The Morgan fingerprint density at radius 3 is 2.45 bits per heavy atom. The molecule has 4 heteroatoms. The molecule has 2 heterocycles. The van der Waals surface area contributed by atoms with Gasteiger partial charge in [0.2, 0.25) is 0 Å². The molecule has 1 unspecified atom stereocenters. The Kier molecular flexibility index (Phi) is 4.79. The molecule has 0 aliphatic rings. The van der Waals surface area contributed by atoms with Crippen molar-refractivity contribution in [3.05, 3.63) is 52.9 Å². The second kappa shape index (κ2) is 6.57. The lowest BCUT2D eigenvalue weighted by atomic mass is 9.99. The van der Waals surface area contributed by atoms with Crippen molar-refractivity contribution in [2.24, 2.45) is 11.7 Å². The molecule has 106 valence electrons. The van der Waals surface area contributed by atoms with Gasteiger partial charge in [-0.25, -0.2) is 9.97 Å². The predicted molar refractivity (Wildman–Crippen MR) is 80.5 cm³/mol. The third-order valence-electron chi connectivity index (χ3n) is 3.51. The molecule has 2 aromatic heterocycles. The van der Waals surface area contributed by atoms with E-state index in [0.29, 0.717) is 12.5 Å². The average molecular weight is 270 g/mol. The second-order valence-electron chi connectivity index (χ2n) is 5.37. The first kappa shape index (κ1) is 14.6. The Balaban J connectivity index is 2.21. The zero-order valence-corrected chi connectivity index (χ0v) is 12.4. The molecule has 4 nitrogen and oxygen atoms in total. The lowest BCUT2D eigenvalue weighted by molar-refractivity contribution is 0.584. The second-order valence-corrected chi connectivity index (χ2v) is 5.37. The average Bonchev–Trinajstić information content (AvgIpc) is 2.43. The molecule has 0 radical (unpaired) electrons. The van der Waals surface area contributed by atoms with Crippen molar-refractivity contribution in [1.29, 1.82) is 0 Å². The van der Waals surface area contributed by atoms with Gasteiger partial charge in [0.15, 0.2) is 0 Å². The zero-order valence-electron chi connectivity index (χ0n) is 12.4. The number of nitrogens with two attached hydrogens (primary N) is 1. The van der Waals surface area contributed by atoms with E-state index < -0.39 is 0 Å². The molecule has 2 N–H and O–H groups in total. The Hall–Kier alpha value is -1.81. The van der Waals surface area contributed by atoms with Crippen LogP contribution in [0.25, 0.3) is 0 Å². The quantitative estimate of drug-likeness (QED) is 0.904. The van der Waals surface area contributed by atoms with Crippen LogP contribution in [0, 0.1) is 19.8 Å². The van der Waals surface area contributed by atoms with Crippen molar-refractivity contribution in [3.63, 3.8) is 0 Å². The van der Waals surface area contributed by atoms with Crippen molar-refractivity contribution in [2.75, 3.05) is 6.54 Å². The normalized spacial score (nSPS) is 12.4. The monoisotopic (exact) mass is 270 g/mol. The Labute approximate surface area is 120 Å². The third-order valence-corrected chi connectivity index (χ3v) is 3.51. The number of rotatable bonds is 5. The van der Waals surface area contributed by atoms with Gasteiger partial charge in [-0.3, -0.25) is 4.98 Å². The van der Waals surface area contributed by atoms with E-state index in [1.807, 2.05) is 18.3 Å². The number of hydrogen-bond acceptors (Lipinski definition) is 4. The van der Waals surface area contributed by atoms with Crippen LogP contribution < -0.4 is 5.73 Å². The van der Waals surface area contributed by atoms with Crippen LogP contribution in [0.3, 0.4) is 0 Å². The first-order chi connectivity index (χ1) is 9.60. The molecule has 0 fully saturated rings. The van der Waals surface area contributed by atoms with Crippen LogP contribution in [0.15, 0.2) is 24.5 Å². The van der Waals surface area contributed by atoms with Crippen molar-refractivity contribution in [2.45, 2.75) is 33.6 Å². The molecule has 20 heavy (non-hydrogen) atoms. The zero-order chi connectivity index (χ0) is 14.5. The highest BCUT2D eigenvalue weighted by molar-refractivity contribution is 5.26. The predicted octanol–water partition coefficient (Wildman–Crippen LogP) is 2.22. The minimum atomic E-state index is 0.458. The molecule has 0 spiro atoms. The molecule has 2 rings (SSSR count). The molecular formula is C16H22N4. The van der Waals surface area contributed by atoms with Gasteiger partial charge in [-0.05, 0) is 49.9 Å². The van der Waals surface area contributed by atoms with Crippen LogP contribution in [0.5, 0.6) is 0 Å². The fourth-order valence-electron chi connectivity index (χ4n) is 2.30. The topological polar surface area (TPSA) is 64.7 Å². The lowest BCUT2D eigenvalue weighted by Crippen LogP contribution is -2.16. The van der Waals surface area contributed by atoms with Crippen molar-refractivity contribution in [3.8, 4) is 0 Å². The Bertz CT molecular complexity index is 543. The number of nitrogens with zero attached hydrogens (tertiary/aromatic N) is 3. The van der Waals surface area contributed by atoms with E-state index in [9.17, 15) is 0 Å². The molecule has 0 bridgehead atoms. The molecule has 0 aliphatic heterocycles. The number of aryl methyl sites for hydroxylation is 2. The number of hydrogen-bond donors (Lipinski definition) is 1.